The van der Waals surface area contributed by atoms with Crippen molar-refractivity contribution in [1.82, 2.24) is 4.98 Å². The van der Waals surface area contributed by atoms with Crippen molar-refractivity contribution in [1.29, 1.82) is 0 Å². The monoisotopic (exact) mass is 227 g/mol. The number of hydrogen-bond donors (Lipinski definition) is 0. The molecule has 14 heavy (non-hydrogen) atoms. The van der Waals surface area contributed by atoms with E-state index in [1.54, 1.807) is 0 Å². The number of rotatable bonds is 0. The van der Waals surface area contributed by atoms with E-state index in [1.807, 2.05) is 0 Å². The quantitative estimate of drug-likeness (QED) is 0.546. The van der Waals surface area contributed by atoms with Crippen molar-refractivity contribution in [3.63, 3.8) is 0 Å². The summed E-state index contributed by atoms with van der Waals surface area (Å²) in [4.78, 5) is 3.92. The highest BCUT2D eigenvalue weighted by atomic mass is 32.1. The van der Waals surface area contributed by atoms with Crippen molar-refractivity contribution < 1.29 is 17.7 Å². The van der Waals surface area contributed by atoms with Crippen LogP contribution >= 0.6 is 24.4 Å². The lowest BCUT2D eigenvalue weighted by Crippen LogP contribution is -1.71. The molecule has 0 atom stereocenters. The van der Waals surface area contributed by atoms with Crippen LogP contribution in [-0.2, 0) is 0 Å². The Labute approximate surface area is 85.9 Å². The number of aromatic nitrogens is 1. The Balaban J connectivity index is 2.71. The van der Waals surface area contributed by atoms with Gasteiger partial charge in [-0.25, -0.2) is 4.98 Å². The van der Waals surface area contributed by atoms with Gasteiger partial charge in [-0.3, -0.25) is 0 Å². The first-order valence-corrected chi connectivity index (χ1v) is 4.38. The third-order valence-corrected chi connectivity index (χ3v) is 2.00. The van der Waals surface area contributed by atoms with E-state index in [9.17, 15) is 0 Å². The normalized spacial score (nSPS) is 11.4. The highest BCUT2D eigenvalue weighted by molar-refractivity contribution is 7.71. The molecule has 0 bridgehead atoms. The molecule has 3 heterocycles. The standard InChI is InChI=1S/C7HNO4S2/c13-6-9-2-1-8-5-4(3(2)10-6)11-7(14)12-5/h1H. The molecule has 0 amide bonds. The summed E-state index contributed by atoms with van der Waals surface area (Å²) in [7, 11) is 0. The first-order valence-electron chi connectivity index (χ1n) is 3.56. The third-order valence-electron chi connectivity index (χ3n) is 1.67. The van der Waals surface area contributed by atoms with E-state index < -0.39 is 0 Å². The van der Waals surface area contributed by atoms with E-state index in [0.717, 1.165) is 0 Å². The Bertz CT molecular complexity index is 668. The molecule has 0 unspecified atom stereocenters. The molecular formula is C7HNO4S2. The van der Waals surface area contributed by atoms with Gasteiger partial charge in [-0.2, -0.15) is 0 Å². The van der Waals surface area contributed by atoms with E-state index in [1.165, 1.54) is 6.20 Å². The summed E-state index contributed by atoms with van der Waals surface area (Å²) in [6, 6.07) is 0. The van der Waals surface area contributed by atoms with Gasteiger partial charge in [0.2, 0.25) is 11.2 Å². The van der Waals surface area contributed by atoms with Gasteiger partial charge >= 0.3 is 9.81 Å². The molecule has 7 heteroatoms. The van der Waals surface area contributed by atoms with Crippen LogP contribution in [0.3, 0.4) is 0 Å². The van der Waals surface area contributed by atoms with Gasteiger partial charge in [0, 0.05) is 24.4 Å². The lowest BCUT2D eigenvalue weighted by atomic mass is 10.4. The first kappa shape index (κ1) is 7.89. The van der Waals surface area contributed by atoms with Crippen LogP contribution in [0.5, 0.6) is 0 Å². The lowest BCUT2D eigenvalue weighted by molar-refractivity contribution is 0.430. The van der Waals surface area contributed by atoms with E-state index in [0.29, 0.717) is 16.7 Å². The lowest BCUT2D eigenvalue weighted by Gasteiger charge is -1.82. The number of pyridine rings is 1. The van der Waals surface area contributed by atoms with Crippen molar-refractivity contribution in [3.05, 3.63) is 16.0 Å². The zero-order chi connectivity index (χ0) is 9.71. The molecule has 0 N–H and O–H groups in total. The minimum absolute atomic E-state index is 0.0108. The largest absolute Gasteiger partial charge is 0.412 e. The van der Waals surface area contributed by atoms with Crippen LogP contribution in [0, 0.1) is 9.81 Å². The smallest absolute Gasteiger partial charge is 0.365 e. The summed E-state index contributed by atoms with van der Waals surface area (Å²) in [5.41, 5.74) is 1.34. The minimum atomic E-state index is -0.0117. The van der Waals surface area contributed by atoms with Crippen LogP contribution in [0.4, 0.5) is 0 Å². The predicted molar refractivity (Wildman–Crippen MR) is 50.0 cm³/mol. The fourth-order valence-electron chi connectivity index (χ4n) is 1.15. The van der Waals surface area contributed by atoms with E-state index in [-0.39, 0.29) is 15.5 Å². The molecule has 0 spiro atoms. The van der Waals surface area contributed by atoms with E-state index >= 15 is 0 Å². The molecule has 0 radical (unpaired) electrons. The van der Waals surface area contributed by atoms with E-state index in [4.69, 9.17) is 42.1 Å². The summed E-state index contributed by atoms with van der Waals surface area (Å²) in [6.45, 7) is 0. The van der Waals surface area contributed by atoms with Gasteiger partial charge < -0.3 is 17.7 Å². The molecule has 0 aliphatic carbocycles. The van der Waals surface area contributed by atoms with Crippen LogP contribution in [0.1, 0.15) is 0 Å². The first-order chi connectivity index (χ1) is 6.74. The van der Waals surface area contributed by atoms with Gasteiger partial charge in [-0.1, -0.05) is 0 Å². The Morgan fingerprint density at radius 3 is 2.50 bits per heavy atom. The molecule has 3 aromatic heterocycles. The predicted octanol–water partition coefficient (Wildman–Crippen LogP) is 3.22. The van der Waals surface area contributed by atoms with Gasteiger partial charge in [0.1, 0.15) is 0 Å². The molecule has 0 saturated heterocycles. The van der Waals surface area contributed by atoms with Crippen molar-refractivity contribution >= 4 is 46.9 Å². The summed E-state index contributed by atoms with van der Waals surface area (Å²) >= 11 is 9.43. The second kappa shape index (κ2) is 2.52. The van der Waals surface area contributed by atoms with Crippen molar-refractivity contribution in [3.8, 4) is 0 Å². The third kappa shape index (κ3) is 0.962. The zero-order valence-corrected chi connectivity index (χ0v) is 8.11. The van der Waals surface area contributed by atoms with Crippen LogP contribution < -0.4 is 0 Å². The average molecular weight is 227 g/mol. The summed E-state index contributed by atoms with van der Waals surface area (Å²) in [5.74, 6) is 0. The highest BCUT2D eigenvalue weighted by Gasteiger charge is 2.13. The van der Waals surface area contributed by atoms with E-state index in [2.05, 4.69) is 4.98 Å². The van der Waals surface area contributed by atoms with Crippen molar-refractivity contribution in [2.24, 2.45) is 0 Å². The van der Waals surface area contributed by atoms with Gasteiger partial charge in [0.25, 0.3) is 5.71 Å². The fraction of sp³-hybridized carbons (Fsp3) is 0. The van der Waals surface area contributed by atoms with Crippen LogP contribution in [0.25, 0.3) is 22.5 Å². The molecule has 0 fully saturated rings. The molecule has 70 valence electrons. The second-order valence-electron chi connectivity index (χ2n) is 2.49. The summed E-state index contributed by atoms with van der Waals surface area (Å²) in [6.07, 6.45) is 1.44. The summed E-state index contributed by atoms with van der Waals surface area (Å²) < 4.78 is 20.2. The molecule has 0 aliphatic rings. The maximum atomic E-state index is 5.10. The maximum absolute atomic E-state index is 5.10. The topological polar surface area (TPSA) is 65.5 Å². The molecule has 0 aromatic carbocycles. The van der Waals surface area contributed by atoms with Crippen LogP contribution in [-0.4, -0.2) is 4.98 Å². The maximum Gasteiger partial charge on any atom is 0.365 e. The molecule has 0 saturated carbocycles. The summed E-state index contributed by atoms with van der Waals surface area (Å²) in [5, 5.41) is 0. The van der Waals surface area contributed by atoms with Gasteiger partial charge in [-0.15, -0.1) is 0 Å². The fourth-order valence-corrected chi connectivity index (χ4v) is 1.49. The molecular weight excluding hydrogens is 226 g/mol. The molecule has 5 nitrogen and oxygen atoms in total. The molecule has 0 aliphatic heterocycles. The number of nitrogens with zero attached hydrogens (tertiary/aromatic N) is 1. The van der Waals surface area contributed by atoms with Crippen LogP contribution in [0.15, 0.2) is 23.9 Å². The van der Waals surface area contributed by atoms with Gasteiger partial charge in [-0.05, 0) is 0 Å². The van der Waals surface area contributed by atoms with Crippen molar-refractivity contribution in [2.75, 3.05) is 0 Å². The highest BCUT2D eigenvalue weighted by Crippen LogP contribution is 2.26. The SMILES string of the molecule is S=c1oc2cnc3oc(=S)oc3c2o1. The number of hydrogen-bond acceptors (Lipinski definition) is 7. The number of fused-ring (bicyclic) bond motifs is 3. The van der Waals surface area contributed by atoms with Gasteiger partial charge in [0.05, 0.1) is 6.20 Å². The Hall–Kier alpha value is -1.47. The van der Waals surface area contributed by atoms with Crippen molar-refractivity contribution in [2.45, 2.75) is 0 Å². The Kier molecular flexibility index (Phi) is 1.42. The minimum Gasteiger partial charge on any atom is -0.412 e. The zero-order valence-electron chi connectivity index (χ0n) is 6.47. The Morgan fingerprint density at radius 2 is 1.64 bits per heavy atom. The Morgan fingerprint density at radius 1 is 0.929 bits per heavy atom. The average Bonchev–Trinajstić information content (AvgIpc) is 2.65. The van der Waals surface area contributed by atoms with Gasteiger partial charge in [0.15, 0.2) is 5.58 Å². The molecule has 3 rings (SSSR count). The second-order valence-corrected chi connectivity index (χ2v) is 3.16. The van der Waals surface area contributed by atoms with Crippen LogP contribution in [0.2, 0.25) is 0 Å². The molecule has 3 aromatic rings.